The van der Waals surface area contributed by atoms with Crippen molar-refractivity contribution in [2.24, 2.45) is 7.05 Å². The van der Waals surface area contributed by atoms with E-state index >= 15 is 0 Å². The maximum atomic E-state index is 13.0. The monoisotopic (exact) mass is 534 g/mol. The predicted octanol–water partition coefficient (Wildman–Crippen LogP) is 5.31. The smallest absolute Gasteiger partial charge is 0.330 e. The molecule has 0 aliphatic heterocycles. The van der Waals surface area contributed by atoms with Crippen LogP contribution in [0.5, 0.6) is 11.5 Å². The minimum Gasteiger partial charge on any atom is -0.463 e. The second kappa shape index (κ2) is 10.7. The molecule has 4 rings (SSSR count). The molecule has 2 aromatic heterocycles. The topological polar surface area (TPSA) is 107 Å². The van der Waals surface area contributed by atoms with Gasteiger partial charge in [-0.15, -0.1) is 0 Å². The molecular weight excluding hydrogens is 504 g/mol. The number of H-pyrrole nitrogens is 1. The normalized spacial score (nSPS) is 11.8. The minimum atomic E-state index is -3.52. The van der Waals surface area contributed by atoms with Gasteiger partial charge in [0.05, 0.1) is 17.3 Å². The van der Waals surface area contributed by atoms with Crippen molar-refractivity contribution >= 4 is 32.8 Å². The van der Waals surface area contributed by atoms with E-state index in [9.17, 15) is 18.0 Å². The highest BCUT2D eigenvalue weighted by Gasteiger charge is 2.21. The van der Waals surface area contributed by atoms with Gasteiger partial charge >= 0.3 is 5.97 Å². The van der Waals surface area contributed by atoms with Gasteiger partial charge in [0.2, 0.25) is 0 Å². The predicted molar refractivity (Wildman–Crippen MR) is 148 cm³/mol. The van der Waals surface area contributed by atoms with Crippen LogP contribution >= 0.6 is 0 Å². The van der Waals surface area contributed by atoms with Crippen molar-refractivity contribution in [1.29, 1.82) is 0 Å². The zero-order chi connectivity index (χ0) is 27.6. The van der Waals surface area contributed by atoms with E-state index < -0.39 is 15.8 Å². The van der Waals surface area contributed by atoms with Crippen molar-refractivity contribution in [3.8, 4) is 22.6 Å². The molecule has 0 amide bonds. The van der Waals surface area contributed by atoms with Gasteiger partial charge in [0, 0.05) is 41.5 Å². The van der Waals surface area contributed by atoms with Gasteiger partial charge < -0.3 is 19.0 Å². The maximum Gasteiger partial charge on any atom is 0.330 e. The largest absolute Gasteiger partial charge is 0.463 e. The number of esters is 1. The quantitative estimate of drug-likeness (QED) is 0.242. The van der Waals surface area contributed by atoms with Gasteiger partial charge in [-0.1, -0.05) is 25.1 Å². The van der Waals surface area contributed by atoms with Crippen LogP contribution in [-0.2, 0) is 26.4 Å². The second-order valence-corrected chi connectivity index (χ2v) is 11.2. The minimum absolute atomic E-state index is 0.0564. The molecule has 0 bridgehead atoms. The van der Waals surface area contributed by atoms with Crippen LogP contribution in [0.1, 0.15) is 30.7 Å². The molecule has 4 aromatic rings. The molecule has 1 N–H and O–H groups in total. The Hall–Kier alpha value is -4.11. The van der Waals surface area contributed by atoms with Crippen LogP contribution in [0, 0.1) is 13.8 Å². The van der Waals surface area contributed by atoms with E-state index in [1.54, 1.807) is 45.3 Å². The highest BCUT2D eigenvalue weighted by atomic mass is 32.2. The third kappa shape index (κ3) is 5.28. The fourth-order valence-electron chi connectivity index (χ4n) is 4.25. The molecule has 0 saturated carbocycles. The molecule has 0 aliphatic carbocycles. The number of aromatic amines is 1. The molecule has 9 heteroatoms. The Morgan fingerprint density at radius 2 is 1.76 bits per heavy atom. The number of para-hydroxylation sites is 1. The number of sulfone groups is 1. The van der Waals surface area contributed by atoms with Crippen molar-refractivity contribution in [3.63, 3.8) is 0 Å². The summed E-state index contributed by atoms with van der Waals surface area (Å²) in [5.41, 5.74) is 3.54. The van der Waals surface area contributed by atoms with Crippen molar-refractivity contribution in [2.45, 2.75) is 32.6 Å². The fourth-order valence-corrected chi connectivity index (χ4v) is 5.15. The van der Waals surface area contributed by atoms with Gasteiger partial charge in [0.25, 0.3) is 5.56 Å². The lowest BCUT2D eigenvalue weighted by molar-refractivity contribution is -0.137. The van der Waals surface area contributed by atoms with E-state index in [1.807, 2.05) is 32.0 Å². The lowest BCUT2D eigenvalue weighted by Gasteiger charge is -2.17. The summed E-state index contributed by atoms with van der Waals surface area (Å²) in [6.07, 6.45) is 4.47. The van der Waals surface area contributed by atoms with Crippen LogP contribution in [0.4, 0.5) is 0 Å². The van der Waals surface area contributed by atoms with E-state index in [4.69, 9.17) is 9.47 Å². The van der Waals surface area contributed by atoms with Crippen molar-refractivity contribution in [1.82, 2.24) is 9.55 Å². The number of nitrogens with one attached hydrogen (secondary N) is 1. The Kier molecular flexibility index (Phi) is 7.59. The molecule has 0 unspecified atom stereocenters. The number of benzene rings is 2. The summed E-state index contributed by atoms with van der Waals surface area (Å²) in [4.78, 5) is 28.0. The number of pyridine rings is 1. The van der Waals surface area contributed by atoms with E-state index in [0.717, 1.165) is 11.1 Å². The number of aromatic nitrogens is 2. The van der Waals surface area contributed by atoms with E-state index in [1.165, 1.54) is 22.8 Å². The Morgan fingerprint density at radius 1 is 1.05 bits per heavy atom. The number of aryl methyl sites for hydroxylation is 3. The molecule has 0 radical (unpaired) electrons. The molecule has 38 heavy (non-hydrogen) atoms. The molecule has 0 spiro atoms. The van der Waals surface area contributed by atoms with Crippen LogP contribution in [0.2, 0.25) is 0 Å². The summed E-state index contributed by atoms with van der Waals surface area (Å²) in [6, 6.07) is 12.3. The SMILES string of the molecule is CCOC(=O)/C=C/c1cc2c(-c3cc(S(=O)(=O)CC)ccc3Oc3c(C)cccc3C)cn(C)c(=O)c2[nH]1. The van der Waals surface area contributed by atoms with Gasteiger partial charge in [-0.05, 0) is 62.2 Å². The first-order valence-corrected chi connectivity index (χ1v) is 13.9. The number of rotatable bonds is 8. The number of hydrogen-bond donors (Lipinski definition) is 1. The number of fused-ring (bicyclic) bond motifs is 1. The Balaban J connectivity index is 1.97. The standard InChI is InChI=1S/C29H30N2O6S/c1-6-36-26(32)14-11-20-15-23-24(17-31(5)29(33)27(23)30-20)22-16-21(38(34,35)7-2)12-13-25(22)37-28-18(3)9-8-10-19(28)4/h8-17,30H,6-7H2,1-5H3/b14-11+. The average molecular weight is 535 g/mol. The van der Waals surface area contributed by atoms with Crippen molar-refractivity contribution in [2.75, 3.05) is 12.4 Å². The molecule has 2 heterocycles. The van der Waals surface area contributed by atoms with E-state index in [-0.39, 0.29) is 22.8 Å². The van der Waals surface area contributed by atoms with Crippen LogP contribution < -0.4 is 10.3 Å². The number of carbonyl (C=O) groups excluding carboxylic acids is 1. The van der Waals surface area contributed by atoms with Gasteiger partial charge in [-0.3, -0.25) is 4.79 Å². The average Bonchev–Trinajstić information content (AvgIpc) is 3.32. The van der Waals surface area contributed by atoms with Crippen LogP contribution in [-0.4, -0.2) is 36.3 Å². The fraction of sp³-hybridized carbons (Fsp3) is 0.241. The Morgan fingerprint density at radius 3 is 2.42 bits per heavy atom. The third-order valence-electron chi connectivity index (χ3n) is 6.27. The highest BCUT2D eigenvalue weighted by molar-refractivity contribution is 7.91. The Labute approximate surface area is 221 Å². The van der Waals surface area contributed by atoms with Gasteiger partial charge in [0.1, 0.15) is 17.0 Å². The molecule has 2 aromatic carbocycles. The van der Waals surface area contributed by atoms with Crippen molar-refractivity contribution in [3.05, 3.63) is 81.9 Å². The van der Waals surface area contributed by atoms with Crippen LogP contribution in [0.15, 0.2) is 64.4 Å². The van der Waals surface area contributed by atoms with Gasteiger partial charge in [-0.25, -0.2) is 13.2 Å². The summed E-state index contributed by atoms with van der Waals surface area (Å²) in [7, 11) is -1.90. The van der Waals surface area contributed by atoms with E-state index in [2.05, 4.69) is 4.98 Å². The second-order valence-electron chi connectivity index (χ2n) is 8.94. The summed E-state index contributed by atoms with van der Waals surface area (Å²) < 4.78 is 38.4. The maximum absolute atomic E-state index is 13.0. The summed E-state index contributed by atoms with van der Waals surface area (Å²) in [5.74, 6) is 0.565. The third-order valence-corrected chi connectivity index (χ3v) is 8.00. The summed E-state index contributed by atoms with van der Waals surface area (Å²) in [5, 5.41) is 0.564. The van der Waals surface area contributed by atoms with Crippen LogP contribution in [0.25, 0.3) is 28.1 Å². The molecule has 0 atom stereocenters. The van der Waals surface area contributed by atoms with Gasteiger partial charge in [-0.2, -0.15) is 0 Å². The van der Waals surface area contributed by atoms with E-state index in [0.29, 0.717) is 39.2 Å². The molecule has 0 aliphatic rings. The van der Waals surface area contributed by atoms with Gasteiger partial charge in [0.15, 0.2) is 9.84 Å². The Bertz CT molecular complexity index is 1710. The zero-order valence-corrected chi connectivity index (χ0v) is 22.8. The summed E-state index contributed by atoms with van der Waals surface area (Å²) >= 11 is 0. The molecule has 8 nitrogen and oxygen atoms in total. The first kappa shape index (κ1) is 26.9. The van der Waals surface area contributed by atoms with Crippen molar-refractivity contribution < 1.29 is 22.7 Å². The molecule has 0 saturated heterocycles. The lowest BCUT2D eigenvalue weighted by atomic mass is 10.0. The first-order valence-electron chi connectivity index (χ1n) is 12.2. The highest BCUT2D eigenvalue weighted by Crippen LogP contribution is 2.40. The summed E-state index contributed by atoms with van der Waals surface area (Å²) in [6.45, 7) is 7.44. The van der Waals surface area contributed by atoms with Crippen LogP contribution in [0.3, 0.4) is 0 Å². The number of nitrogens with zero attached hydrogens (tertiary/aromatic N) is 1. The first-order chi connectivity index (χ1) is 18.1. The molecule has 0 fully saturated rings. The number of carbonyl (C=O) groups is 1. The molecular formula is C29H30N2O6S. The number of hydrogen-bond acceptors (Lipinski definition) is 6. The molecule has 198 valence electrons. The lowest BCUT2D eigenvalue weighted by Crippen LogP contribution is -2.16. The zero-order valence-electron chi connectivity index (χ0n) is 22.0. The number of ether oxygens (including phenoxy) is 2.